The summed E-state index contributed by atoms with van der Waals surface area (Å²) in [5, 5.41) is 0. The lowest BCUT2D eigenvalue weighted by Crippen LogP contribution is -2.23. The molecule has 0 atom stereocenters. The molecule has 5 nitrogen and oxygen atoms in total. The maximum absolute atomic E-state index is 9.71. The fourth-order valence-corrected chi connectivity index (χ4v) is 0.477. The Morgan fingerprint density at radius 3 is 1.91 bits per heavy atom. The monoisotopic (exact) mass is 162 g/mol. The summed E-state index contributed by atoms with van der Waals surface area (Å²) in [6.45, 7) is 0.807. The average Bonchev–Trinajstić information content (AvgIpc) is 2.05. The Morgan fingerprint density at radius 1 is 1.18 bits per heavy atom. The van der Waals surface area contributed by atoms with Crippen molar-refractivity contribution in [1.29, 1.82) is 0 Å². The third-order valence-corrected chi connectivity index (χ3v) is 1.03. The van der Waals surface area contributed by atoms with Gasteiger partial charge in [-0.05, 0) is 0 Å². The molecule has 0 fully saturated rings. The van der Waals surface area contributed by atoms with E-state index >= 15 is 0 Å². The zero-order valence-electron chi connectivity index (χ0n) is 6.19. The number of ether oxygens (including phenoxy) is 3. The zero-order chi connectivity index (χ0) is 8.53. The lowest BCUT2D eigenvalue weighted by atomic mass is 10.4. The fourth-order valence-electron chi connectivity index (χ4n) is 0.477. The first-order chi connectivity index (χ1) is 5.35. The molecule has 64 valence electrons. The molecule has 0 spiro atoms. The van der Waals surface area contributed by atoms with Crippen LogP contribution < -0.4 is 0 Å². The zero-order valence-corrected chi connectivity index (χ0v) is 6.19. The quantitative estimate of drug-likeness (QED) is 0.465. The Kier molecular flexibility index (Phi) is 6.31. The van der Waals surface area contributed by atoms with Crippen LogP contribution >= 0.6 is 0 Å². The van der Waals surface area contributed by atoms with Gasteiger partial charge >= 0.3 is 0 Å². The molecule has 0 aliphatic heterocycles. The molecule has 0 aliphatic rings. The summed E-state index contributed by atoms with van der Waals surface area (Å²) in [5.41, 5.74) is 0. The van der Waals surface area contributed by atoms with Gasteiger partial charge in [-0.2, -0.15) is 0 Å². The molecule has 0 aromatic heterocycles. The van der Waals surface area contributed by atoms with Gasteiger partial charge in [0.15, 0.2) is 0 Å². The third-order valence-electron chi connectivity index (χ3n) is 1.03. The van der Waals surface area contributed by atoms with Crippen LogP contribution in [0.4, 0.5) is 0 Å². The Labute approximate surface area is 64.2 Å². The Morgan fingerprint density at radius 2 is 1.64 bits per heavy atom. The van der Waals surface area contributed by atoms with Crippen LogP contribution in [0.1, 0.15) is 0 Å². The number of rotatable bonds is 7. The van der Waals surface area contributed by atoms with Crippen molar-refractivity contribution in [3.05, 3.63) is 0 Å². The smallest absolute Gasteiger partial charge is 0.293 e. The van der Waals surface area contributed by atoms with Crippen molar-refractivity contribution in [2.75, 3.05) is 20.3 Å². The van der Waals surface area contributed by atoms with Gasteiger partial charge in [-0.15, -0.1) is 0 Å². The standard InChI is InChI=1S/C6H10O5/c1-9-6(2-10-4-7)3-11-5-8/h4-6H,2-3H2,1H3. The Hall–Kier alpha value is -1.10. The van der Waals surface area contributed by atoms with E-state index in [-0.39, 0.29) is 19.3 Å². The van der Waals surface area contributed by atoms with Gasteiger partial charge in [-0.1, -0.05) is 0 Å². The summed E-state index contributed by atoms with van der Waals surface area (Å²) in [5.74, 6) is 0. The highest BCUT2D eigenvalue weighted by molar-refractivity contribution is 5.37. The molecular formula is C6H10O5. The van der Waals surface area contributed by atoms with Gasteiger partial charge in [0.2, 0.25) is 0 Å². The largest absolute Gasteiger partial charge is 0.465 e. The minimum absolute atomic E-state index is 0.0911. The van der Waals surface area contributed by atoms with Crippen molar-refractivity contribution >= 4 is 12.9 Å². The van der Waals surface area contributed by atoms with Crippen molar-refractivity contribution in [3.8, 4) is 0 Å². The summed E-state index contributed by atoms with van der Waals surface area (Å²) in [7, 11) is 1.44. The number of hydrogen-bond donors (Lipinski definition) is 0. The minimum atomic E-state index is -0.384. The van der Waals surface area contributed by atoms with Crippen LogP contribution in [0.5, 0.6) is 0 Å². The second-order valence-electron chi connectivity index (χ2n) is 1.72. The summed E-state index contributed by atoms with van der Waals surface area (Å²) >= 11 is 0. The topological polar surface area (TPSA) is 61.8 Å². The van der Waals surface area contributed by atoms with E-state index in [4.69, 9.17) is 4.74 Å². The van der Waals surface area contributed by atoms with Gasteiger partial charge in [-0.3, -0.25) is 9.59 Å². The molecule has 0 aromatic rings. The summed E-state index contributed by atoms with van der Waals surface area (Å²) in [6, 6.07) is 0. The van der Waals surface area contributed by atoms with Crippen molar-refractivity contribution in [1.82, 2.24) is 0 Å². The highest BCUT2D eigenvalue weighted by atomic mass is 16.6. The van der Waals surface area contributed by atoms with Crippen LogP contribution in [0.15, 0.2) is 0 Å². The van der Waals surface area contributed by atoms with Crippen LogP contribution in [-0.2, 0) is 23.8 Å². The first kappa shape index (κ1) is 9.90. The molecule has 0 aromatic carbocycles. The Bertz CT molecular complexity index is 102. The van der Waals surface area contributed by atoms with E-state index in [0.29, 0.717) is 12.9 Å². The SMILES string of the molecule is COC(COC=O)COC=O. The first-order valence-electron chi connectivity index (χ1n) is 2.98. The Balaban J connectivity index is 3.39. The number of carbonyl (C=O) groups excluding carboxylic acids is 2. The molecule has 0 unspecified atom stereocenters. The van der Waals surface area contributed by atoms with Crippen molar-refractivity contribution in [2.24, 2.45) is 0 Å². The maximum Gasteiger partial charge on any atom is 0.293 e. The molecule has 5 heteroatoms. The fraction of sp³-hybridized carbons (Fsp3) is 0.667. The van der Waals surface area contributed by atoms with Gasteiger partial charge < -0.3 is 14.2 Å². The number of methoxy groups -OCH3 is 1. The highest BCUT2D eigenvalue weighted by Gasteiger charge is 2.07. The van der Waals surface area contributed by atoms with Crippen molar-refractivity contribution < 1.29 is 23.8 Å². The number of hydrogen-bond acceptors (Lipinski definition) is 5. The predicted molar refractivity (Wildman–Crippen MR) is 34.8 cm³/mol. The number of carbonyl (C=O) groups is 2. The van der Waals surface area contributed by atoms with Gasteiger partial charge in [0.05, 0.1) is 0 Å². The molecule has 0 amide bonds. The van der Waals surface area contributed by atoms with E-state index in [9.17, 15) is 9.59 Å². The summed E-state index contributed by atoms with van der Waals surface area (Å²) in [6.07, 6.45) is -0.384. The van der Waals surface area contributed by atoms with Crippen LogP contribution in [0.25, 0.3) is 0 Å². The molecule has 0 rings (SSSR count). The molecule has 0 saturated heterocycles. The highest BCUT2D eigenvalue weighted by Crippen LogP contribution is 1.90. The summed E-state index contributed by atoms with van der Waals surface area (Å²) < 4.78 is 13.6. The van der Waals surface area contributed by atoms with Crippen LogP contribution in [0.2, 0.25) is 0 Å². The van der Waals surface area contributed by atoms with E-state index in [1.807, 2.05) is 0 Å². The molecule has 0 N–H and O–H groups in total. The molecule has 0 heterocycles. The molecule has 0 bridgehead atoms. The minimum Gasteiger partial charge on any atom is -0.465 e. The predicted octanol–water partition coefficient (Wildman–Crippen LogP) is -0.653. The first-order valence-corrected chi connectivity index (χ1v) is 2.98. The third kappa shape index (κ3) is 5.35. The second kappa shape index (κ2) is 7.01. The molecular weight excluding hydrogens is 152 g/mol. The maximum atomic E-state index is 9.71. The van der Waals surface area contributed by atoms with Crippen LogP contribution in [0, 0.1) is 0 Å². The lowest BCUT2D eigenvalue weighted by Gasteiger charge is -2.11. The van der Waals surface area contributed by atoms with Gasteiger partial charge in [0, 0.05) is 7.11 Å². The van der Waals surface area contributed by atoms with Gasteiger partial charge in [0.25, 0.3) is 12.9 Å². The second-order valence-corrected chi connectivity index (χ2v) is 1.72. The molecule has 0 radical (unpaired) electrons. The van der Waals surface area contributed by atoms with Crippen LogP contribution in [-0.4, -0.2) is 39.4 Å². The average molecular weight is 162 g/mol. The summed E-state index contributed by atoms with van der Waals surface area (Å²) in [4.78, 5) is 19.4. The van der Waals surface area contributed by atoms with E-state index in [1.54, 1.807) is 0 Å². The molecule has 0 aliphatic carbocycles. The van der Waals surface area contributed by atoms with Crippen molar-refractivity contribution in [3.63, 3.8) is 0 Å². The van der Waals surface area contributed by atoms with Crippen LogP contribution in [0.3, 0.4) is 0 Å². The van der Waals surface area contributed by atoms with Gasteiger partial charge in [0.1, 0.15) is 19.3 Å². The normalized spacial score (nSPS) is 9.27. The lowest BCUT2D eigenvalue weighted by molar-refractivity contribution is -0.138. The van der Waals surface area contributed by atoms with E-state index in [2.05, 4.69) is 9.47 Å². The molecule has 0 saturated carbocycles. The van der Waals surface area contributed by atoms with Gasteiger partial charge in [-0.25, -0.2) is 0 Å². The van der Waals surface area contributed by atoms with E-state index in [1.165, 1.54) is 7.11 Å². The van der Waals surface area contributed by atoms with E-state index in [0.717, 1.165) is 0 Å². The van der Waals surface area contributed by atoms with E-state index < -0.39 is 0 Å². The van der Waals surface area contributed by atoms with Crippen molar-refractivity contribution in [2.45, 2.75) is 6.10 Å². The molecule has 11 heavy (non-hydrogen) atoms.